The zero-order chi connectivity index (χ0) is 18.0. The van der Waals surface area contributed by atoms with Crippen molar-refractivity contribution >= 4 is 18.3 Å². The highest BCUT2D eigenvalue weighted by Gasteiger charge is 2.31. The third-order valence-corrected chi connectivity index (χ3v) is 5.03. The van der Waals surface area contributed by atoms with Gasteiger partial charge in [-0.2, -0.15) is 8.78 Å². The lowest BCUT2D eigenvalue weighted by Gasteiger charge is -2.32. The molecule has 0 radical (unpaired) electrons. The summed E-state index contributed by atoms with van der Waals surface area (Å²) in [6, 6.07) is 3.70. The number of nitrogens with one attached hydrogen (secondary N) is 1. The molecule has 26 heavy (non-hydrogen) atoms. The number of piperazine rings is 1. The lowest BCUT2D eigenvalue weighted by Crippen LogP contribution is -2.49. The maximum atomic E-state index is 12.8. The Labute approximate surface area is 159 Å². The van der Waals surface area contributed by atoms with Gasteiger partial charge in [0, 0.05) is 50.9 Å². The van der Waals surface area contributed by atoms with Gasteiger partial charge < -0.3 is 15.0 Å². The number of carbonyl (C=O) groups is 1. The third-order valence-electron chi connectivity index (χ3n) is 5.03. The van der Waals surface area contributed by atoms with E-state index in [1.807, 2.05) is 4.90 Å². The molecule has 1 N–H and O–H groups in total. The number of ether oxygens (including phenoxy) is 1. The van der Waals surface area contributed by atoms with Crippen molar-refractivity contribution < 1.29 is 18.3 Å². The van der Waals surface area contributed by atoms with E-state index in [1.165, 1.54) is 0 Å². The van der Waals surface area contributed by atoms with Crippen LogP contribution >= 0.6 is 12.4 Å². The molecular weight excluding hydrogens is 364 g/mol. The van der Waals surface area contributed by atoms with Crippen LogP contribution in [0.1, 0.15) is 27.9 Å². The predicted molar refractivity (Wildman–Crippen MR) is 98.5 cm³/mol. The van der Waals surface area contributed by atoms with Gasteiger partial charge >= 0.3 is 6.61 Å². The number of alkyl halides is 2. The second-order valence-corrected chi connectivity index (χ2v) is 6.80. The molecule has 1 unspecified atom stereocenters. The van der Waals surface area contributed by atoms with Gasteiger partial charge in [0.05, 0.1) is 0 Å². The minimum absolute atomic E-state index is 0. The van der Waals surface area contributed by atoms with E-state index in [1.54, 1.807) is 26.0 Å². The molecule has 2 heterocycles. The number of benzene rings is 1. The Kier molecular flexibility index (Phi) is 7.20. The van der Waals surface area contributed by atoms with Gasteiger partial charge in [-0.05, 0) is 43.5 Å². The topological polar surface area (TPSA) is 44.8 Å². The molecule has 2 saturated heterocycles. The Balaban J connectivity index is 0.00000243. The first-order valence-corrected chi connectivity index (χ1v) is 8.76. The zero-order valence-electron chi connectivity index (χ0n) is 15.1. The zero-order valence-corrected chi connectivity index (χ0v) is 16.0. The Hall–Kier alpha value is -1.44. The second kappa shape index (κ2) is 8.97. The Morgan fingerprint density at radius 2 is 1.81 bits per heavy atom. The van der Waals surface area contributed by atoms with Gasteiger partial charge in [0.25, 0.3) is 5.91 Å². The molecule has 0 spiro atoms. The van der Waals surface area contributed by atoms with Gasteiger partial charge in [0.1, 0.15) is 5.75 Å². The van der Waals surface area contributed by atoms with Gasteiger partial charge in [-0.25, -0.2) is 0 Å². The Bertz CT molecular complexity index is 616. The fourth-order valence-corrected chi connectivity index (χ4v) is 3.80. The molecule has 1 atom stereocenters. The highest BCUT2D eigenvalue weighted by Crippen LogP contribution is 2.28. The first kappa shape index (κ1) is 20.9. The SMILES string of the molecule is Cc1cc(C(=O)N2CCC(N3CCNCC3)C2)cc(C)c1OC(F)F.Cl. The maximum absolute atomic E-state index is 12.8. The fourth-order valence-electron chi connectivity index (χ4n) is 3.80. The highest BCUT2D eigenvalue weighted by molar-refractivity contribution is 5.95. The number of halogens is 3. The van der Waals surface area contributed by atoms with Crippen molar-refractivity contribution in [2.24, 2.45) is 0 Å². The van der Waals surface area contributed by atoms with E-state index < -0.39 is 6.61 Å². The largest absolute Gasteiger partial charge is 0.434 e. The average Bonchev–Trinajstić information content (AvgIpc) is 3.08. The van der Waals surface area contributed by atoms with Crippen LogP contribution in [-0.4, -0.2) is 67.6 Å². The van der Waals surface area contributed by atoms with Crippen molar-refractivity contribution in [2.45, 2.75) is 32.9 Å². The minimum Gasteiger partial charge on any atom is -0.434 e. The van der Waals surface area contributed by atoms with Crippen LogP contribution in [0.4, 0.5) is 8.78 Å². The number of aryl methyl sites for hydroxylation is 2. The monoisotopic (exact) mass is 389 g/mol. The molecule has 0 saturated carbocycles. The van der Waals surface area contributed by atoms with Gasteiger partial charge in [-0.15, -0.1) is 12.4 Å². The Morgan fingerprint density at radius 3 is 2.38 bits per heavy atom. The number of rotatable bonds is 4. The highest BCUT2D eigenvalue weighted by atomic mass is 35.5. The second-order valence-electron chi connectivity index (χ2n) is 6.80. The van der Waals surface area contributed by atoms with Gasteiger partial charge in [0.15, 0.2) is 0 Å². The van der Waals surface area contributed by atoms with Crippen molar-refractivity contribution in [1.29, 1.82) is 0 Å². The molecular formula is C18H26ClF2N3O2. The number of amides is 1. The first-order valence-electron chi connectivity index (χ1n) is 8.76. The number of likely N-dealkylation sites (tertiary alicyclic amines) is 1. The van der Waals surface area contributed by atoms with Crippen molar-refractivity contribution in [2.75, 3.05) is 39.3 Å². The summed E-state index contributed by atoms with van der Waals surface area (Å²) in [4.78, 5) is 17.1. The summed E-state index contributed by atoms with van der Waals surface area (Å²) in [5.41, 5.74) is 1.65. The number of carbonyl (C=O) groups excluding carboxylic acids is 1. The molecule has 146 valence electrons. The molecule has 3 rings (SSSR count). The summed E-state index contributed by atoms with van der Waals surface area (Å²) in [6.07, 6.45) is 0.982. The summed E-state index contributed by atoms with van der Waals surface area (Å²) in [7, 11) is 0. The van der Waals surface area contributed by atoms with E-state index in [2.05, 4.69) is 15.0 Å². The van der Waals surface area contributed by atoms with Crippen LogP contribution in [0.15, 0.2) is 12.1 Å². The van der Waals surface area contributed by atoms with Gasteiger partial charge in [-0.3, -0.25) is 9.69 Å². The van der Waals surface area contributed by atoms with Crippen LogP contribution in [0, 0.1) is 13.8 Å². The lowest BCUT2D eigenvalue weighted by atomic mass is 10.0. The summed E-state index contributed by atoms with van der Waals surface area (Å²) in [6.45, 7) is 6.01. The average molecular weight is 390 g/mol. The summed E-state index contributed by atoms with van der Waals surface area (Å²) >= 11 is 0. The summed E-state index contributed by atoms with van der Waals surface area (Å²) < 4.78 is 29.6. The number of hydrogen-bond donors (Lipinski definition) is 1. The molecule has 2 aliphatic heterocycles. The summed E-state index contributed by atoms with van der Waals surface area (Å²) in [5.74, 6) is 0.124. The van der Waals surface area contributed by atoms with Crippen molar-refractivity contribution in [3.8, 4) is 5.75 Å². The van der Waals surface area contributed by atoms with Crippen LogP contribution in [0.3, 0.4) is 0 Å². The first-order chi connectivity index (χ1) is 12.0. The molecule has 1 aromatic rings. The molecule has 1 aromatic carbocycles. The maximum Gasteiger partial charge on any atom is 0.387 e. The van der Waals surface area contributed by atoms with E-state index in [0.29, 0.717) is 22.7 Å². The van der Waals surface area contributed by atoms with Crippen LogP contribution in [0.2, 0.25) is 0 Å². The smallest absolute Gasteiger partial charge is 0.387 e. The van der Waals surface area contributed by atoms with Crippen LogP contribution in [0.5, 0.6) is 5.75 Å². The lowest BCUT2D eigenvalue weighted by molar-refractivity contribution is -0.0507. The van der Waals surface area contributed by atoms with Crippen LogP contribution in [0.25, 0.3) is 0 Å². The van der Waals surface area contributed by atoms with E-state index in [-0.39, 0.29) is 24.1 Å². The molecule has 0 aliphatic carbocycles. The molecule has 5 nitrogen and oxygen atoms in total. The molecule has 2 fully saturated rings. The third kappa shape index (κ3) is 4.64. The van der Waals surface area contributed by atoms with Crippen LogP contribution < -0.4 is 10.1 Å². The van der Waals surface area contributed by atoms with Crippen molar-refractivity contribution in [3.05, 3.63) is 28.8 Å². The minimum atomic E-state index is -2.86. The van der Waals surface area contributed by atoms with E-state index in [9.17, 15) is 13.6 Å². The van der Waals surface area contributed by atoms with Crippen LogP contribution in [-0.2, 0) is 0 Å². The number of hydrogen-bond acceptors (Lipinski definition) is 4. The standard InChI is InChI=1S/C18H25F2N3O2.ClH/c1-12-9-14(10-13(2)16(12)25-18(19)20)17(24)23-6-3-15(11-23)22-7-4-21-5-8-22;/h9-10,15,18,21H,3-8,11H2,1-2H3;1H. The van der Waals surface area contributed by atoms with Gasteiger partial charge in [0.2, 0.25) is 0 Å². The Morgan fingerprint density at radius 1 is 1.19 bits per heavy atom. The quantitative estimate of drug-likeness (QED) is 0.859. The fraction of sp³-hybridized carbons (Fsp3) is 0.611. The molecule has 0 aromatic heterocycles. The van der Waals surface area contributed by atoms with Crippen molar-refractivity contribution in [1.82, 2.24) is 15.1 Å². The molecule has 2 aliphatic rings. The molecule has 8 heteroatoms. The number of nitrogens with zero attached hydrogens (tertiary/aromatic N) is 2. The van der Waals surface area contributed by atoms with E-state index in [0.717, 1.165) is 45.7 Å². The van der Waals surface area contributed by atoms with E-state index >= 15 is 0 Å². The molecule has 1 amide bonds. The molecule has 0 bridgehead atoms. The van der Waals surface area contributed by atoms with E-state index in [4.69, 9.17) is 0 Å². The summed E-state index contributed by atoms with van der Waals surface area (Å²) in [5, 5.41) is 3.34. The van der Waals surface area contributed by atoms with Crippen molar-refractivity contribution in [3.63, 3.8) is 0 Å². The predicted octanol–water partition coefficient (Wildman–Crippen LogP) is 2.45. The normalized spacial score (nSPS) is 21.0. The van der Waals surface area contributed by atoms with Gasteiger partial charge in [-0.1, -0.05) is 0 Å².